The molecule has 0 fully saturated rings. The molecule has 0 bridgehead atoms. The zero-order valence-electron chi connectivity index (χ0n) is 33.6. The van der Waals surface area contributed by atoms with Crippen LogP contribution in [0.5, 0.6) is 28.7 Å². The number of phenolic OH excluding ortho intramolecular Hbond substituents is 5. The monoisotopic (exact) mass is 812 g/mol. The second-order valence-corrected chi connectivity index (χ2v) is 16.3. The van der Waals surface area contributed by atoms with E-state index in [2.05, 4.69) is 115 Å². The second-order valence-electron chi connectivity index (χ2n) is 16.3. The van der Waals surface area contributed by atoms with Gasteiger partial charge in [-0.2, -0.15) is 0 Å². The molecule has 5 N–H and O–H groups in total. The first-order chi connectivity index (χ1) is 30.9. The molecule has 0 aromatic heterocycles. The lowest BCUT2D eigenvalue weighted by atomic mass is 9.84. The normalized spacial score (nSPS) is 11.8. The quantitative estimate of drug-likeness (QED) is 0.0516. The van der Waals surface area contributed by atoms with Crippen LogP contribution in [-0.4, -0.2) is 25.5 Å². The fraction of sp³-hybridized carbons (Fsp3) is 0. The number of benzene rings is 12. The Morgan fingerprint density at radius 2 is 0.619 bits per heavy atom. The number of hydrogen-bond donors (Lipinski definition) is 5. The maximum atomic E-state index is 11.3. The molecule has 0 aliphatic rings. The summed E-state index contributed by atoms with van der Waals surface area (Å²) < 4.78 is 0. The molecular weight excluding hydrogens is 777 g/mol. The molecule has 0 heterocycles. The smallest absolute Gasteiger partial charge is 0.208 e. The molecule has 0 aliphatic heterocycles. The Hall–Kier alpha value is -8.54. The number of hydrogen-bond acceptors (Lipinski definition) is 5. The number of aromatic hydroxyl groups is 5. The zero-order chi connectivity index (χ0) is 42.5. The van der Waals surface area contributed by atoms with Crippen LogP contribution in [0, 0.1) is 0 Å². The molecule has 12 rings (SSSR count). The molecule has 0 spiro atoms. The number of fused-ring (bicyclic) bond motifs is 4. The van der Waals surface area contributed by atoms with E-state index in [1.54, 1.807) is 0 Å². The molecule has 0 saturated heterocycles. The Morgan fingerprint density at radius 3 is 1.22 bits per heavy atom. The molecule has 12 aromatic carbocycles. The van der Waals surface area contributed by atoms with Gasteiger partial charge < -0.3 is 25.5 Å². The van der Waals surface area contributed by atoms with Crippen LogP contribution in [0.15, 0.2) is 188 Å². The van der Waals surface area contributed by atoms with Gasteiger partial charge in [-0.05, 0) is 115 Å². The van der Waals surface area contributed by atoms with E-state index in [1.165, 1.54) is 48.7 Å². The van der Waals surface area contributed by atoms with Crippen molar-refractivity contribution in [2.24, 2.45) is 0 Å². The van der Waals surface area contributed by atoms with Crippen molar-refractivity contribution < 1.29 is 25.5 Å². The highest BCUT2D eigenvalue weighted by molar-refractivity contribution is 6.33. The van der Waals surface area contributed by atoms with Crippen LogP contribution in [0.3, 0.4) is 0 Å². The highest BCUT2D eigenvalue weighted by atomic mass is 16.4. The van der Waals surface area contributed by atoms with Gasteiger partial charge in [-0.25, -0.2) is 0 Å². The van der Waals surface area contributed by atoms with E-state index in [1.807, 2.05) is 72.8 Å². The van der Waals surface area contributed by atoms with E-state index in [0.717, 1.165) is 49.7 Å². The van der Waals surface area contributed by atoms with Crippen molar-refractivity contribution in [2.75, 3.05) is 0 Å². The van der Waals surface area contributed by atoms with Crippen LogP contribution in [-0.2, 0) is 0 Å². The van der Waals surface area contributed by atoms with Crippen molar-refractivity contribution in [1.29, 1.82) is 0 Å². The Morgan fingerprint density at radius 1 is 0.206 bits per heavy atom. The predicted molar refractivity (Wildman–Crippen MR) is 258 cm³/mol. The fourth-order valence-corrected chi connectivity index (χ4v) is 10.1. The molecule has 5 nitrogen and oxygen atoms in total. The summed E-state index contributed by atoms with van der Waals surface area (Å²) in [5, 5.41) is 67.5. The van der Waals surface area contributed by atoms with E-state index < -0.39 is 28.7 Å². The average Bonchev–Trinajstić information content (AvgIpc) is 3.34. The molecule has 0 atom stereocenters. The SMILES string of the molecule is Oc1c(O)c(O)c(-c2c3ccccc3c(-c3ccc(-c4ccc(-c5c6ccccc6c6ccc7cccc8ccc5c6c87)cc4)cc3)c3ccc(-c4ccccc4)cc23)c(O)c1O. The Kier molecular flexibility index (Phi) is 7.92. The third-order valence-corrected chi connectivity index (χ3v) is 13.0. The number of phenols is 5. The summed E-state index contributed by atoms with van der Waals surface area (Å²) in [6.07, 6.45) is 0. The van der Waals surface area contributed by atoms with Crippen LogP contribution in [0.4, 0.5) is 0 Å². The van der Waals surface area contributed by atoms with Crippen LogP contribution < -0.4 is 0 Å². The van der Waals surface area contributed by atoms with Crippen molar-refractivity contribution in [3.8, 4) is 84.4 Å². The summed E-state index contributed by atoms with van der Waals surface area (Å²) in [5.41, 5.74) is 8.51. The van der Waals surface area contributed by atoms with E-state index in [9.17, 15) is 25.5 Å². The summed E-state index contributed by atoms with van der Waals surface area (Å²) in [7, 11) is 0. The van der Waals surface area contributed by atoms with Gasteiger partial charge >= 0.3 is 0 Å². The topological polar surface area (TPSA) is 101 Å². The third kappa shape index (κ3) is 5.36. The van der Waals surface area contributed by atoms with E-state index in [0.29, 0.717) is 16.3 Å². The van der Waals surface area contributed by atoms with Crippen LogP contribution in [0.1, 0.15) is 0 Å². The number of rotatable bonds is 5. The Balaban J connectivity index is 1.01. The summed E-state index contributed by atoms with van der Waals surface area (Å²) in [6.45, 7) is 0. The maximum Gasteiger partial charge on any atom is 0.208 e. The zero-order valence-corrected chi connectivity index (χ0v) is 33.6. The predicted octanol–water partition coefficient (Wildman–Crippen LogP) is 14.9. The molecule has 5 heteroatoms. The third-order valence-electron chi connectivity index (χ3n) is 13.0. The molecule has 0 amide bonds. The molecule has 0 aliphatic carbocycles. The fourth-order valence-electron chi connectivity index (χ4n) is 10.1. The standard InChI is InChI=1S/C58H36O5/c59-54-53(55(60)57(62)58(63)56(54)61)52-43-16-7-6-15-42(43)49(45-29-27-39(31-47(45)52)32-9-2-1-3-10-32)37-21-17-33(18-22-37)34-19-23-38(24-20-34)50-41-14-5-4-13-40(41)44-28-25-35-11-8-12-36-26-30-46(50)51(44)48(35)36/h1-31,59-63H. The van der Waals surface area contributed by atoms with Gasteiger partial charge in [0.1, 0.15) is 0 Å². The van der Waals surface area contributed by atoms with Gasteiger partial charge in [-0.15, -0.1) is 0 Å². The summed E-state index contributed by atoms with van der Waals surface area (Å²) >= 11 is 0. The van der Waals surface area contributed by atoms with E-state index >= 15 is 0 Å². The van der Waals surface area contributed by atoms with Crippen molar-refractivity contribution in [3.05, 3.63) is 188 Å². The second kappa shape index (κ2) is 13.7. The van der Waals surface area contributed by atoms with Crippen LogP contribution >= 0.6 is 0 Å². The van der Waals surface area contributed by atoms with Crippen LogP contribution in [0.2, 0.25) is 0 Å². The first-order valence-corrected chi connectivity index (χ1v) is 20.9. The van der Waals surface area contributed by atoms with Gasteiger partial charge in [0.15, 0.2) is 11.5 Å². The minimum absolute atomic E-state index is 0.186. The van der Waals surface area contributed by atoms with Gasteiger partial charge in [-0.3, -0.25) is 0 Å². The van der Waals surface area contributed by atoms with E-state index in [-0.39, 0.29) is 5.56 Å². The van der Waals surface area contributed by atoms with E-state index in [4.69, 9.17) is 0 Å². The Labute approximate surface area is 361 Å². The largest absolute Gasteiger partial charge is 0.504 e. The van der Waals surface area contributed by atoms with Gasteiger partial charge in [0.25, 0.3) is 0 Å². The lowest BCUT2D eigenvalue weighted by molar-refractivity contribution is 0.330. The lowest BCUT2D eigenvalue weighted by Crippen LogP contribution is -1.93. The first kappa shape index (κ1) is 36.3. The van der Waals surface area contributed by atoms with Gasteiger partial charge in [0.05, 0.1) is 5.56 Å². The van der Waals surface area contributed by atoms with Crippen molar-refractivity contribution in [1.82, 2.24) is 0 Å². The molecular formula is C58H36O5. The van der Waals surface area contributed by atoms with Crippen molar-refractivity contribution >= 4 is 64.6 Å². The molecule has 0 radical (unpaired) electrons. The summed E-state index contributed by atoms with van der Waals surface area (Å²) in [5.74, 6) is -4.33. The van der Waals surface area contributed by atoms with Crippen molar-refractivity contribution in [3.63, 3.8) is 0 Å². The lowest BCUT2D eigenvalue weighted by Gasteiger charge is -2.21. The molecule has 298 valence electrons. The summed E-state index contributed by atoms with van der Waals surface area (Å²) in [6, 6.07) is 65.3. The molecule has 63 heavy (non-hydrogen) atoms. The first-order valence-electron chi connectivity index (χ1n) is 20.9. The highest BCUT2D eigenvalue weighted by Gasteiger charge is 2.28. The van der Waals surface area contributed by atoms with Gasteiger partial charge in [-0.1, -0.05) is 182 Å². The highest BCUT2D eigenvalue weighted by Crippen LogP contribution is 2.58. The van der Waals surface area contributed by atoms with Crippen LogP contribution in [0.25, 0.3) is 120 Å². The summed E-state index contributed by atoms with van der Waals surface area (Å²) in [4.78, 5) is 0. The minimum atomic E-state index is -1.00. The molecule has 0 saturated carbocycles. The average molecular weight is 813 g/mol. The minimum Gasteiger partial charge on any atom is -0.504 e. The molecule has 12 aromatic rings. The van der Waals surface area contributed by atoms with Crippen molar-refractivity contribution in [2.45, 2.75) is 0 Å². The van der Waals surface area contributed by atoms with Gasteiger partial charge in [0.2, 0.25) is 17.2 Å². The Bertz CT molecular complexity index is 3770. The molecule has 0 unspecified atom stereocenters. The van der Waals surface area contributed by atoms with Gasteiger partial charge in [0, 0.05) is 5.56 Å². The maximum absolute atomic E-state index is 11.3.